The molecule has 1 aromatic carbocycles. The van der Waals surface area contributed by atoms with Crippen LogP contribution in [0, 0.1) is 0 Å². The summed E-state index contributed by atoms with van der Waals surface area (Å²) in [6.45, 7) is 1.95. The average Bonchev–Trinajstić information content (AvgIpc) is 3.10. The molecule has 0 aliphatic carbocycles. The Morgan fingerprint density at radius 1 is 1.14 bits per heavy atom. The molecule has 10 heteroatoms. The summed E-state index contributed by atoms with van der Waals surface area (Å²) >= 11 is 0. The van der Waals surface area contributed by atoms with Crippen molar-refractivity contribution < 1.29 is 18.0 Å². The van der Waals surface area contributed by atoms with E-state index in [9.17, 15) is 18.0 Å². The summed E-state index contributed by atoms with van der Waals surface area (Å²) < 4.78 is 40.2. The van der Waals surface area contributed by atoms with Crippen LogP contribution in [0.15, 0.2) is 60.6 Å². The van der Waals surface area contributed by atoms with Gasteiger partial charge in [-0.3, -0.25) is 15.1 Å². The maximum atomic E-state index is 13.4. The van der Waals surface area contributed by atoms with E-state index >= 15 is 0 Å². The number of amides is 1. The number of rotatable bonds is 3. The van der Waals surface area contributed by atoms with E-state index < -0.39 is 24.1 Å². The molecule has 0 saturated heterocycles. The number of hydrogen-bond acceptors (Lipinski definition) is 6. The Kier molecular flexibility index (Phi) is 4.97. The number of hydrazine groups is 1. The third-order valence-corrected chi connectivity index (χ3v) is 4.88. The van der Waals surface area contributed by atoms with E-state index in [0.717, 1.165) is 6.07 Å². The van der Waals surface area contributed by atoms with Gasteiger partial charge in [0.15, 0.2) is 6.29 Å². The fraction of sp³-hybridized carbons (Fsp3) is 0.316. The highest BCUT2D eigenvalue weighted by Gasteiger charge is 2.38. The van der Waals surface area contributed by atoms with E-state index in [1.54, 1.807) is 24.4 Å². The smallest absolute Gasteiger partial charge is 0.365 e. The fourth-order valence-electron chi connectivity index (χ4n) is 3.48. The summed E-state index contributed by atoms with van der Waals surface area (Å²) in [6, 6.07) is 4.77. The van der Waals surface area contributed by atoms with Gasteiger partial charge in [-0.05, 0) is 30.8 Å². The lowest BCUT2D eigenvalue weighted by molar-refractivity contribution is -0.138. The van der Waals surface area contributed by atoms with Gasteiger partial charge in [0.2, 0.25) is 0 Å². The molecule has 0 radical (unpaired) electrons. The zero-order valence-electron chi connectivity index (χ0n) is 15.5. The molecule has 1 aromatic rings. The minimum absolute atomic E-state index is 0.0873. The van der Waals surface area contributed by atoms with Gasteiger partial charge in [-0.15, -0.1) is 0 Å². The molecule has 4 atom stereocenters. The first-order valence-electron chi connectivity index (χ1n) is 9.18. The van der Waals surface area contributed by atoms with Gasteiger partial charge in [0.1, 0.15) is 11.9 Å². The first-order valence-corrected chi connectivity index (χ1v) is 9.18. The number of carbonyl (C=O) groups is 1. The van der Waals surface area contributed by atoms with Crippen molar-refractivity contribution >= 4 is 5.91 Å². The van der Waals surface area contributed by atoms with Crippen molar-refractivity contribution in [3.05, 3.63) is 71.7 Å². The van der Waals surface area contributed by atoms with E-state index in [0.29, 0.717) is 0 Å². The molecular formula is C19H21F3N6O. The van der Waals surface area contributed by atoms with Gasteiger partial charge in [-0.25, -0.2) is 5.43 Å². The maximum absolute atomic E-state index is 13.4. The van der Waals surface area contributed by atoms with Crippen molar-refractivity contribution in [2.45, 2.75) is 37.6 Å². The van der Waals surface area contributed by atoms with Gasteiger partial charge in [-0.1, -0.05) is 30.4 Å². The van der Waals surface area contributed by atoms with E-state index in [4.69, 9.17) is 0 Å². The van der Waals surface area contributed by atoms with Crippen LogP contribution in [0.2, 0.25) is 0 Å². The van der Waals surface area contributed by atoms with E-state index in [1.807, 2.05) is 13.0 Å². The number of fused-ring (bicyclic) bond motifs is 1. The Labute approximate surface area is 165 Å². The largest absolute Gasteiger partial charge is 0.416 e. The lowest BCUT2D eigenvalue weighted by Gasteiger charge is -2.36. The Bertz CT molecular complexity index is 881. The second-order valence-electron chi connectivity index (χ2n) is 6.98. The average molecular weight is 406 g/mol. The van der Waals surface area contributed by atoms with Crippen LogP contribution >= 0.6 is 0 Å². The van der Waals surface area contributed by atoms with Gasteiger partial charge >= 0.3 is 6.18 Å². The number of nitrogens with one attached hydrogen (secondary N) is 5. The van der Waals surface area contributed by atoms with E-state index in [1.165, 1.54) is 23.3 Å². The lowest BCUT2D eigenvalue weighted by atomic mass is 9.99. The van der Waals surface area contributed by atoms with Crippen molar-refractivity contribution in [2.75, 3.05) is 0 Å². The molecule has 1 amide bonds. The number of carbonyl (C=O) groups excluding carboxylic acids is 1. The van der Waals surface area contributed by atoms with Crippen molar-refractivity contribution in [3.63, 3.8) is 0 Å². The quantitative estimate of drug-likeness (QED) is 0.489. The molecule has 0 saturated carbocycles. The van der Waals surface area contributed by atoms with Crippen LogP contribution < -0.4 is 26.7 Å². The normalized spacial score (nSPS) is 28.3. The summed E-state index contributed by atoms with van der Waals surface area (Å²) in [5.41, 5.74) is 2.68. The Hall–Kier alpha value is -2.98. The molecule has 29 heavy (non-hydrogen) atoms. The van der Waals surface area contributed by atoms with Gasteiger partial charge < -0.3 is 16.0 Å². The zero-order chi connectivity index (χ0) is 20.6. The number of nitrogens with zero attached hydrogens (tertiary/aromatic N) is 1. The fourth-order valence-corrected chi connectivity index (χ4v) is 3.48. The molecule has 0 spiro atoms. The van der Waals surface area contributed by atoms with Crippen LogP contribution in [0.5, 0.6) is 0 Å². The Morgan fingerprint density at radius 3 is 2.69 bits per heavy atom. The van der Waals surface area contributed by atoms with Crippen LogP contribution in [0.3, 0.4) is 0 Å². The standard InChI is InChI=1S/C19H21F3N6O/c1-11-8-9-23-18(25-11)26-17(29)15-10-24-16-7-6-14(27-28(15)16)12-4-2-3-5-13(12)19(20,21)22/h2-11,14,16,18,23-25,27H,1H3,(H,26,29). The lowest BCUT2D eigenvalue weighted by Crippen LogP contribution is -2.59. The minimum atomic E-state index is -4.47. The van der Waals surface area contributed by atoms with Gasteiger partial charge in [0.25, 0.3) is 5.91 Å². The first kappa shape index (κ1) is 19.3. The second-order valence-corrected chi connectivity index (χ2v) is 6.98. The van der Waals surface area contributed by atoms with Crippen LogP contribution in [0.1, 0.15) is 24.1 Å². The van der Waals surface area contributed by atoms with Gasteiger partial charge in [-0.2, -0.15) is 13.2 Å². The highest BCUT2D eigenvalue weighted by atomic mass is 19.4. The molecule has 7 nitrogen and oxygen atoms in total. The molecule has 3 aliphatic rings. The van der Waals surface area contributed by atoms with Crippen molar-refractivity contribution in [1.29, 1.82) is 0 Å². The minimum Gasteiger partial charge on any atom is -0.365 e. The molecule has 4 rings (SSSR count). The molecule has 0 bridgehead atoms. The topological polar surface area (TPSA) is 80.5 Å². The summed E-state index contributed by atoms with van der Waals surface area (Å²) in [6.07, 6.45) is 3.30. The number of benzene rings is 1. The summed E-state index contributed by atoms with van der Waals surface area (Å²) in [4.78, 5) is 12.7. The van der Waals surface area contributed by atoms with Crippen LogP contribution in [-0.2, 0) is 11.0 Å². The maximum Gasteiger partial charge on any atom is 0.416 e. The molecule has 154 valence electrons. The van der Waals surface area contributed by atoms with Crippen LogP contribution in [0.25, 0.3) is 0 Å². The van der Waals surface area contributed by atoms with E-state index in [2.05, 4.69) is 26.7 Å². The van der Waals surface area contributed by atoms with E-state index in [-0.39, 0.29) is 29.4 Å². The first-order chi connectivity index (χ1) is 13.8. The second kappa shape index (κ2) is 7.45. The van der Waals surface area contributed by atoms with Crippen LogP contribution in [-0.4, -0.2) is 29.4 Å². The highest BCUT2D eigenvalue weighted by Crippen LogP contribution is 2.36. The number of halogens is 3. The predicted octanol–water partition coefficient (Wildman–Crippen LogP) is 1.39. The monoisotopic (exact) mass is 406 g/mol. The van der Waals surface area contributed by atoms with Crippen molar-refractivity contribution in [3.8, 4) is 0 Å². The molecule has 0 aromatic heterocycles. The summed E-state index contributed by atoms with van der Waals surface area (Å²) in [7, 11) is 0. The Morgan fingerprint density at radius 2 is 1.93 bits per heavy atom. The van der Waals surface area contributed by atoms with Crippen molar-refractivity contribution in [2.24, 2.45) is 0 Å². The van der Waals surface area contributed by atoms with Gasteiger partial charge in [0, 0.05) is 12.2 Å². The molecule has 3 heterocycles. The summed E-state index contributed by atoms with van der Waals surface area (Å²) in [5, 5.41) is 13.5. The molecule has 0 fully saturated rings. The highest BCUT2D eigenvalue weighted by molar-refractivity contribution is 5.93. The van der Waals surface area contributed by atoms with Crippen molar-refractivity contribution in [1.82, 2.24) is 31.7 Å². The molecule has 4 unspecified atom stereocenters. The molecule has 3 aliphatic heterocycles. The zero-order valence-corrected chi connectivity index (χ0v) is 15.5. The molecule has 5 N–H and O–H groups in total. The third-order valence-electron chi connectivity index (χ3n) is 4.88. The molecular weight excluding hydrogens is 385 g/mol. The Balaban J connectivity index is 1.50. The van der Waals surface area contributed by atoms with Gasteiger partial charge in [0.05, 0.1) is 11.6 Å². The third kappa shape index (κ3) is 3.94. The SMILES string of the molecule is CC1C=CNC(NC(=O)C2=CNC3C=CC(c4ccccc4C(F)(F)F)NN23)N1. The summed E-state index contributed by atoms with van der Waals surface area (Å²) in [5.74, 6) is -0.377. The van der Waals surface area contributed by atoms with Crippen LogP contribution in [0.4, 0.5) is 13.2 Å². The number of hydrogen-bond donors (Lipinski definition) is 5. The predicted molar refractivity (Wildman–Crippen MR) is 100 cm³/mol. The number of alkyl halides is 3.